The van der Waals surface area contributed by atoms with Crippen LogP contribution < -0.4 is 0 Å². The van der Waals surface area contributed by atoms with Crippen LogP contribution in [0.1, 0.15) is 60.3 Å². The van der Waals surface area contributed by atoms with Gasteiger partial charge in [0.2, 0.25) is 0 Å². The van der Waals surface area contributed by atoms with Crippen molar-refractivity contribution >= 4 is 39.5 Å². The number of aromatic nitrogens is 2. The van der Waals surface area contributed by atoms with E-state index in [9.17, 15) is 0 Å². The molecule has 1 aliphatic heterocycles. The fraction of sp³-hybridized carbons (Fsp3) is 0.267. The number of allylic oxidation sites excluding steroid dienone is 4. The Morgan fingerprint density at radius 2 is 1.91 bits per heavy atom. The normalized spacial score (nSPS) is 29.1. The molecule has 8 rings (SSSR count). The molecule has 4 unspecified atom stereocenters. The maximum absolute atomic E-state index is 3.82. The molecule has 4 aliphatic rings. The van der Waals surface area contributed by atoms with E-state index in [1.165, 1.54) is 49.9 Å². The largest absolute Gasteiger partial charge is 0.358 e. The monoisotopic (exact) mass is 414 g/mol. The zero-order valence-electron chi connectivity index (χ0n) is 18.5. The summed E-state index contributed by atoms with van der Waals surface area (Å²) in [6, 6.07) is 16.2. The van der Waals surface area contributed by atoms with Crippen molar-refractivity contribution in [2.45, 2.75) is 38.6 Å². The number of nitrogens with zero attached hydrogens (tertiary/aromatic N) is 1. The van der Waals surface area contributed by atoms with Crippen molar-refractivity contribution in [2.75, 3.05) is 0 Å². The van der Waals surface area contributed by atoms with Gasteiger partial charge in [-0.25, -0.2) is 0 Å². The van der Waals surface area contributed by atoms with Crippen molar-refractivity contribution in [3.8, 4) is 0 Å². The van der Waals surface area contributed by atoms with E-state index in [0.717, 1.165) is 12.8 Å². The second-order valence-electron chi connectivity index (χ2n) is 10.6. The smallest absolute Gasteiger partial charge is 0.0673 e. The van der Waals surface area contributed by atoms with E-state index in [1.54, 1.807) is 5.56 Å². The molecule has 3 heterocycles. The average molecular weight is 415 g/mol. The van der Waals surface area contributed by atoms with Crippen LogP contribution in [0.2, 0.25) is 0 Å². The van der Waals surface area contributed by atoms with Crippen molar-refractivity contribution in [3.63, 3.8) is 0 Å². The molecule has 32 heavy (non-hydrogen) atoms. The minimum atomic E-state index is 0.119. The van der Waals surface area contributed by atoms with E-state index in [2.05, 4.69) is 96.2 Å². The summed E-state index contributed by atoms with van der Waals surface area (Å²) in [5.74, 6) is 1.02. The van der Waals surface area contributed by atoms with Gasteiger partial charge in [-0.3, -0.25) is 0 Å². The highest BCUT2D eigenvalue weighted by molar-refractivity contribution is 6.14. The summed E-state index contributed by atoms with van der Waals surface area (Å²) in [4.78, 5) is 3.82. The van der Waals surface area contributed by atoms with Gasteiger partial charge in [-0.2, -0.15) is 0 Å². The fourth-order valence-electron chi connectivity index (χ4n) is 7.26. The molecular weight excluding hydrogens is 388 g/mol. The van der Waals surface area contributed by atoms with Gasteiger partial charge in [-0.05, 0) is 53.0 Å². The Kier molecular flexibility index (Phi) is 3.01. The predicted molar refractivity (Wildman–Crippen MR) is 134 cm³/mol. The second-order valence-corrected chi connectivity index (χ2v) is 10.6. The summed E-state index contributed by atoms with van der Waals surface area (Å²) < 4.78 is 2.69. The lowest BCUT2D eigenvalue weighted by Gasteiger charge is -2.46. The average Bonchev–Trinajstić information content (AvgIpc) is 3.44. The summed E-state index contributed by atoms with van der Waals surface area (Å²) in [6.45, 7) is 4.79. The summed E-state index contributed by atoms with van der Waals surface area (Å²) in [7, 11) is 0. The zero-order valence-corrected chi connectivity index (χ0v) is 18.5. The van der Waals surface area contributed by atoms with Gasteiger partial charge in [0, 0.05) is 39.2 Å². The lowest BCUT2D eigenvalue weighted by atomic mass is 9.60. The lowest BCUT2D eigenvalue weighted by molar-refractivity contribution is 0.277. The van der Waals surface area contributed by atoms with Gasteiger partial charge in [0.15, 0.2) is 0 Å². The first-order chi connectivity index (χ1) is 15.6. The molecular formula is C30H26N2. The van der Waals surface area contributed by atoms with Crippen molar-refractivity contribution < 1.29 is 0 Å². The Bertz CT molecular complexity index is 1570. The standard InChI is InChI=1S/C30H26N2/c1-17-10-11-22-24(16-17)31-23-13-15-30(2)14-12-21-20-8-5-7-19-18-6-3-4-9-25(18)32(28(19)20)29(21)27(30)26(22)23/h3-13,15,17,27,29,31H,14,16H2,1-2H3. The van der Waals surface area contributed by atoms with Crippen molar-refractivity contribution in [3.05, 3.63) is 88.8 Å². The fourth-order valence-corrected chi connectivity index (χ4v) is 7.26. The molecule has 0 spiro atoms. The Hall–Kier alpha value is -3.26. The molecule has 0 amide bonds. The van der Waals surface area contributed by atoms with E-state index in [0.29, 0.717) is 17.9 Å². The molecule has 4 atom stereocenters. The number of rotatable bonds is 0. The highest BCUT2D eigenvalue weighted by Crippen LogP contribution is 2.63. The quantitative estimate of drug-likeness (QED) is 0.308. The highest BCUT2D eigenvalue weighted by Gasteiger charge is 2.50. The van der Waals surface area contributed by atoms with E-state index < -0.39 is 0 Å². The third kappa shape index (κ3) is 1.89. The van der Waals surface area contributed by atoms with Crippen molar-refractivity contribution in [2.24, 2.45) is 11.3 Å². The van der Waals surface area contributed by atoms with Crippen LogP contribution in [0.15, 0.2) is 60.7 Å². The van der Waals surface area contributed by atoms with Gasteiger partial charge in [0.25, 0.3) is 0 Å². The van der Waals surface area contributed by atoms with Gasteiger partial charge in [0.05, 0.1) is 11.6 Å². The minimum Gasteiger partial charge on any atom is -0.358 e. The zero-order chi connectivity index (χ0) is 21.2. The third-order valence-electron chi connectivity index (χ3n) is 8.68. The highest BCUT2D eigenvalue weighted by atomic mass is 15.1. The topological polar surface area (TPSA) is 20.7 Å². The van der Waals surface area contributed by atoms with Crippen LogP contribution in [0.3, 0.4) is 0 Å². The molecule has 3 aliphatic carbocycles. The van der Waals surface area contributed by atoms with Crippen LogP contribution in [0.5, 0.6) is 0 Å². The van der Waals surface area contributed by atoms with E-state index in [4.69, 9.17) is 0 Å². The van der Waals surface area contributed by atoms with Gasteiger partial charge in [-0.1, -0.05) is 74.5 Å². The molecule has 0 bridgehead atoms. The SMILES string of the molecule is CC1C=Cc2c([nH]c3c2C2C4C(=CCC2(C)C=C3)c2cccc3c5ccccc5n4c23)C1. The first-order valence-electron chi connectivity index (χ1n) is 12.0. The molecule has 4 aromatic rings. The Morgan fingerprint density at radius 3 is 2.84 bits per heavy atom. The number of fused-ring (bicyclic) bond motifs is 12. The second kappa shape index (κ2) is 5.56. The van der Waals surface area contributed by atoms with Crippen LogP contribution in [0, 0.1) is 11.3 Å². The number of nitrogens with one attached hydrogen (secondary N) is 1. The summed E-state index contributed by atoms with van der Waals surface area (Å²) in [5.41, 5.74) is 11.7. The van der Waals surface area contributed by atoms with Gasteiger partial charge in [0.1, 0.15) is 0 Å². The Labute approximate surface area is 187 Å². The van der Waals surface area contributed by atoms with Gasteiger partial charge >= 0.3 is 0 Å². The van der Waals surface area contributed by atoms with E-state index >= 15 is 0 Å². The minimum absolute atomic E-state index is 0.119. The molecule has 156 valence electrons. The molecule has 2 nitrogen and oxygen atoms in total. The van der Waals surface area contributed by atoms with Crippen molar-refractivity contribution in [1.82, 2.24) is 9.55 Å². The third-order valence-corrected chi connectivity index (χ3v) is 8.68. The molecule has 0 radical (unpaired) electrons. The number of H-pyrrole nitrogens is 1. The Balaban J connectivity index is 1.47. The summed E-state index contributed by atoms with van der Waals surface area (Å²) in [5, 5.41) is 2.78. The molecule has 2 aromatic carbocycles. The van der Waals surface area contributed by atoms with Crippen LogP contribution in [-0.2, 0) is 6.42 Å². The van der Waals surface area contributed by atoms with Gasteiger partial charge in [-0.15, -0.1) is 0 Å². The number of hydrogen-bond donors (Lipinski definition) is 1. The first kappa shape index (κ1) is 17.3. The van der Waals surface area contributed by atoms with E-state index in [-0.39, 0.29) is 5.41 Å². The van der Waals surface area contributed by atoms with Crippen LogP contribution in [-0.4, -0.2) is 9.55 Å². The number of benzene rings is 2. The first-order valence-corrected chi connectivity index (χ1v) is 12.0. The molecule has 0 fully saturated rings. The molecule has 0 saturated heterocycles. The van der Waals surface area contributed by atoms with Crippen LogP contribution in [0.4, 0.5) is 0 Å². The number of aromatic amines is 1. The number of para-hydroxylation sites is 2. The molecule has 2 heteroatoms. The summed E-state index contributed by atoms with van der Waals surface area (Å²) in [6.07, 6.45) is 14.4. The summed E-state index contributed by atoms with van der Waals surface area (Å²) >= 11 is 0. The lowest BCUT2D eigenvalue weighted by Crippen LogP contribution is -2.35. The predicted octanol–water partition coefficient (Wildman–Crippen LogP) is 7.49. The van der Waals surface area contributed by atoms with E-state index in [1.807, 2.05) is 0 Å². The molecule has 0 saturated carbocycles. The number of hydrogen-bond acceptors (Lipinski definition) is 0. The Morgan fingerprint density at radius 1 is 1.03 bits per heavy atom. The van der Waals surface area contributed by atoms with Gasteiger partial charge < -0.3 is 9.55 Å². The van der Waals surface area contributed by atoms with Crippen LogP contribution >= 0.6 is 0 Å². The maximum Gasteiger partial charge on any atom is 0.0673 e. The molecule has 2 aromatic heterocycles. The van der Waals surface area contributed by atoms with Crippen molar-refractivity contribution in [1.29, 1.82) is 0 Å². The van der Waals surface area contributed by atoms with Crippen LogP contribution in [0.25, 0.3) is 39.5 Å². The maximum atomic E-state index is 3.82. The molecule has 1 N–H and O–H groups in total.